The molecular weight excluding hydrogens is 338 g/mol. The molecule has 0 fully saturated rings. The summed E-state index contributed by atoms with van der Waals surface area (Å²) < 4.78 is 0. The molecule has 6 nitrogen and oxygen atoms in total. The Morgan fingerprint density at radius 1 is 1.28 bits per heavy atom. The molecule has 1 unspecified atom stereocenters. The first-order valence-electron chi connectivity index (χ1n) is 8.09. The number of rotatable bonds is 3. The number of primary amides is 1. The number of non-ortho nitro benzene ring substituents is 1. The van der Waals surface area contributed by atoms with Crippen molar-refractivity contribution in [2.45, 2.75) is 36.8 Å². The number of anilines is 1. The number of fused-ring (bicyclic) bond motifs is 1. The molecule has 2 aromatic rings. The van der Waals surface area contributed by atoms with Crippen LogP contribution in [-0.2, 0) is 6.42 Å². The number of hydrogen-bond acceptors (Lipinski definition) is 5. The van der Waals surface area contributed by atoms with E-state index in [4.69, 9.17) is 11.5 Å². The molecule has 0 radical (unpaired) electrons. The molecule has 0 aliphatic carbocycles. The van der Waals surface area contributed by atoms with Crippen LogP contribution in [0.4, 0.5) is 11.4 Å². The lowest BCUT2D eigenvalue weighted by molar-refractivity contribution is -0.384. The number of hydrogen-bond donors (Lipinski definition) is 2. The van der Waals surface area contributed by atoms with Gasteiger partial charge in [0.2, 0.25) is 0 Å². The van der Waals surface area contributed by atoms with E-state index in [1.807, 2.05) is 32.0 Å². The first-order chi connectivity index (χ1) is 12.0. The normalized spacial score (nSPS) is 15.5. The van der Waals surface area contributed by atoms with Crippen molar-refractivity contribution in [1.82, 2.24) is 0 Å². The Kier molecular flexibility index (Phi) is 6.03. The third-order valence-corrected chi connectivity index (χ3v) is 5.36. The van der Waals surface area contributed by atoms with E-state index in [0.29, 0.717) is 5.56 Å². The Bertz CT molecular complexity index is 808. The van der Waals surface area contributed by atoms with Crippen molar-refractivity contribution < 1.29 is 9.72 Å². The summed E-state index contributed by atoms with van der Waals surface area (Å²) in [6.07, 6.45) is 1.66. The first kappa shape index (κ1) is 18.8. The van der Waals surface area contributed by atoms with Crippen LogP contribution in [0.3, 0.4) is 0 Å². The molecule has 1 aliphatic rings. The summed E-state index contributed by atoms with van der Waals surface area (Å²) in [6.45, 7) is 4.00. The Hall–Kier alpha value is -2.54. The average Bonchev–Trinajstić information content (AvgIpc) is 2.62. The average molecular weight is 359 g/mol. The summed E-state index contributed by atoms with van der Waals surface area (Å²) in [5, 5.41) is 11.1. The van der Waals surface area contributed by atoms with Gasteiger partial charge in [-0.1, -0.05) is 32.0 Å². The maximum atomic E-state index is 11.5. The molecule has 1 atom stereocenters. The largest absolute Gasteiger partial charge is 0.398 e. The number of nitro groups is 1. The van der Waals surface area contributed by atoms with E-state index in [0.717, 1.165) is 23.8 Å². The molecule has 0 bridgehead atoms. The van der Waals surface area contributed by atoms with Gasteiger partial charge in [0.15, 0.2) is 0 Å². The van der Waals surface area contributed by atoms with Crippen LogP contribution in [0.25, 0.3) is 0 Å². The van der Waals surface area contributed by atoms with Gasteiger partial charge in [0.05, 0.1) is 10.5 Å². The number of amides is 1. The molecule has 4 N–H and O–H groups in total. The highest BCUT2D eigenvalue weighted by atomic mass is 32.2. The molecule has 2 aromatic carbocycles. The number of aryl methyl sites for hydroxylation is 1. The Labute approximate surface area is 150 Å². The van der Waals surface area contributed by atoms with Crippen LogP contribution < -0.4 is 11.5 Å². The standard InChI is InChI=1S/C16H15N3O3S.C2H6/c17-15-11(7-10(19(21)22)8-12(15)16(18)20)14-6-5-9-3-1-2-4-13(9)23-14;1-2/h1-4,7-8,14H,5-6,17H2,(H2,18,20);1-2H3. The molecule has 1 heterocycles. The van der Waals surface area contributed by atoms with Crippen molar-refractivity contribution in [3.8, 4) is 0 Å². The highest BCUT2D eigenvalue weighted by Crippen LogP contribution is 2.47. The summed E-state index contributed by atoms with van der Waals surface area (Å²) in [4.78, 5) is 23.3. The number of nitro benzene ring substituents is 1. The van der Waals surface area contributed by atoms with Gasteiger partial charge in [0, 0.05) is 28.0 Å². The van der Waals surface area contributed by atoms with Gasteiger partial charge in [0.25, 0.3) is 11.6 Å². The van der Waals surface area contributed by atoms with E-state index in [9.17, 15) is 14.9 Å². The van der Waals surface area contributed by atoms with Crippen LogP contribution in [0.2, 0.25) is 0 Å². The Morgan fingerprint density at radius 3 is 2.60 bits per heavy atom. The number of benzene rings is 2. The Balaban J connectivity index is 0.00000109. The summed E-state index contributed by atoms with van der Waals surface area (Å²) in [7, 11) is 0. The highest BCUT2D eigenvalue weighted by Gasteiger charge is 2.26. The van der Waals surface area contributed by atoms with Gasteiger partial charge in [-0.25, -0.2) is 0 Å². The molecule has 3 rings (SSSR count). The van der Waals surface area contributed by atoms with Crippen molar-refractivity contribution in [1.29, 1.82) is 0 Å². The molecular formula is C18H21N3O3S. The minimum atomic E-state index is -0.756. The van der Waals surface area contributed by atoms with Crippen molar-refractivity contribution in [2.24, 2.45) is 5.73 Å². The molecule has 0 saturated heterocycles. The van der Waals surface area contributed by atoms with Gasteiger partial charge in [-0.3, -0.25) is 14.9 Å². The molecule has 132 valence electrons. The fourth-order valence-corrected chi connectivity index (χ4v) is 4.12. The molecule has 1 aliphatic heterocycles. The minimum Gasteiger partial charge on any atom is -0.398 e. The fourth-order valence-electron chi connectivity index (χ4n) is 2.78. The van der Waals surface area contributed by atoms with Crippen LogP contribution in [0.1, 0.15) is 47.0 Å². The van der Waals surface area contributed by atoms with Crippen LogP contribution in [0.5, 0.6) is 0 Å². The highest BCUT2D eigenvalue weighted by molar-refractivity contribution is 7.99. The number of carbonyl (C=O) groups is 1. The summed E-state index contributed by atoms with van der Waals surface area (Å²) in [6, 6.07) is 10.6. The van der Waals surface area contributed by atoms with E-state index in [1.165, 1.54) is 11.6 Å². The molecule has 25 heavy (non-hydrogen) atoms. The van der Waals surface area contributed by atoms with E-state index >= 15 is 0 Å². The van der Waals surface area contributed by atoms with E-state index < -0.39 is 10.8 Å². The lowest BCUT2D eigenvalue weighted by atomic mass is 9.98. The van der Waals surface area contributed by atoms with Gasteiger partial charge in [0.1, 0.15) is 0 Å². The zero-order valence-electron chi connectivity index (χ0n) is 14.2. The SMILES string of the molecule is CC.NC(=O)c1cc([N+](=O)[O-])cc(C2CCc3ccccc3S2)c1N. The number of nitrogen functional groups attached to an aromatic ring is 1. The van der Waals surface area contributed by atoms with Crippen molar-refractivity contribution in [2.75, 3.05) is 5.73 Å². The van der Waals surface area contributed by atoms with Crippen molar-refractivity contribution >= 4 is 29.0 Å². The van der Waals surface area contributed by atoms with Gasteiger partial charge < -0.3 is 11.5 Å². The molecule has 0 spiro atoms. The van der Waals surface area contributed by atoms with E-state index in [1.54, 1.807) is 11.8 Å². The quantitative estimate of drug-likeness (QED) is 0.487. The third-order valence-electron chi connectivity index (χ3n) is 3.94. The van der Waals surface area contributed by atoms with Crippen LogP contribution >= 0.6 is 11.8 Å². The number of nitrogens with zero attached hydrogens (tertiary/aromatic N) is 1. The smallest absolute Gasteiger partial charge is 0.270 e. The van der Waals surface area contributed by atoms with E-state index in [-0.39, 0.29) is 22.2 Å². The summed E-state index contributed by atoms with van der Waals surface area (Å²) in [5.41, 5.74) is 13.3. The second kappa shape index (κ2) is 8.02. The maximum Gasteiger partial charge on any atom is 0.270 e. The Morgan fingerprint density at radius 2 is 1.96 bits per heavy atom. The number of carbonyl (C=O) groups excluding carboxylic acids is 1. The van der Waals surface area contributed by atoms with Gasteiger partial charge >= 0.3 is 0 Å². The fraction of sp³-hybridized carbons (Fsp3) is 0.278. The van der Waals surface area contributed by atoms with E-state index in [2.05, 4.69) is 6.07 Å². The lowest BCUT2D eigenvalue weighted by Gasteiger charge is -2.25. The van der Waals surface area contributed by atoms with Crippen LogP contribution in [0, 0.1) is 10.1 Å². The molecule has 1 amide bonds. The predicted molar refractivity (Wildman–Crippen MR) is 101 cm³/mol. The maximum absolute atomic E-state index is 11.5. The molecule has 0 saturated carbocycles. The summed E-state index contributed by atoms with van der Waals surface area (Å²) >= 11 is 1.61. The predicted octanol–water partition coefficient (Wildman–Crippen LogP) is 4.08. The summed E-state index contributed by atoms with van der Waals surface area (Å²) in [5.74, 6) is -0.756. The number of thioether (sulfide) groups is 1. The monoisotopic (exact) mass is 359 g/mol. The number of nitrogens with two attached hydrogens (primary N) is 2. The van der Waals surface area contributed by atoms with Gasteiger partial charge in [-0.05, 0) is 30.0 Å². The van der Waals surface area contributed by atoms with Crippen LogP contribution in [0.15, 0.2) is 41.3 Å². The second-order valence-electron chi connectivity index (χ2n) is 5.37. The third kappa shape index (κ3) is 3.93. The van der Waals surface area contributed by atoms with Crippen molar-refractivity contribution in [3.63, 3.8) is 0 Å². The zero-order valence-corrected chi connectivity index (χ0v) is 15.0. The van der Waals surface area contributed by atoms with Gasteiger partial charge in [-0.2, -0.15) is 0 Å². The first-order valence-corrected chi connectivity index (χ1v) is 8.97. The lowest BCUT2D eigenvalue weighted by Crippen LogP contribution is -2.16. The minimum absolute atomic E-state index is 0.00802. The second-order valence-corrected chi connectivity index (χ2v) is 6.62. The zero-order chi connectivity index (χ0) is 18.6. The van der Waals surface area contributed by atoms with Gasteiger partial charge in [-0.15, -0.1) is 11.8 Å². The molecule has 0 aromatic heterocycles. The van der Waals surface area contributed by atoms with Crippen LogP contribution in [-0.4, -0.2) is 10.8 Å². The van der Waals surface area contributed by atoms with Crippen molar-refractivity contribution in [3.05, 3.63) is 63.2 Å². The molecule has 7 heteroatoms. The topological polar surface area (TPSA) is 112 Å².